The zero-order valence-electron chi connectivity index (χ0n) is 9.66. The van der Waals surface area contributed by atoms with Crippen LogP contribution in [0.3, 0.4) is 0 Å². The fourth-order valence-electron chi connectivity index (χ4n) is 1.46. The molecule has 0 spiro atoms. The van der Waals surface area contributed by atoms with Gasteiger partial charge in [-0.05, 0) is 0 Å². The summed E-state index contributed by atoms with van der Waals surface area (Å²) >= 11 is 1.65. The van der Waals surface area contributed by atoms with Gasteiger partial charge in [0, 0.05) is 0 Å². The van der Waals surface area contributed by atoms with E-state index in [0.717, 1.165) is 6.42 Å². The van der Waals surface area contributed by atoms with Gasteiger partial charge >= 0.3 is 96.3 Å². The summed E-state index contributed by atoms with van der Waals surface area (Å²) in [5.74, 6) is 0. The monoisotopic (exact) mass is 283 g/mol. The van der Waals surface area contributed by atoms with Gasteiger partial charge in [-0.25, -0.2) is 0 Å². The molecule has 0 radical (unpaired) electrons. The van der Waals surface area contributed by atoms with Crippen molar-refractivity contribution in [2.24, 2.45) is 0 Å². The number of nitrogens with one attached hydrogen (secondary N) is 1. The molecule has 0 bridgehead atoms. The molecule has 6 heteroatoms. The summed E-state index contributed by atoms with van der Waals surface area (Å²) in [7, 11) is 2.43. The van der Waals surface area contributed by atoms with E-state index in [0.29, 0.717) is 4.83 Å². The van der Waals surface area contributed by atoms with Crippen LogP contribution < -0.4 is 5.32 Å². The number of hydrogen-bond acceptors (Lipinski definition) is 4. The molecular weight excluding hydrogens is 261 g/mol. The van der Waals surface area contributed by atoms with E-state index in [-0.39, 0.29) is 5.67 Å². The van der Waals surface area contributed by atoms with Crippen LogP contribution in [0.25, 0.3) is 0 Å². The Morgan fingerprint density at radius 1 is 1.21 bits per heavy atom. The molecule has 0 heterocycles. The van der Waals surface area contributed by atoms with Gasteiger partial charge < -0.3 is 0 Å². The molecule has 0 amide bonds. The van der Waals surface area contributed by atoms with Crippen LogP contribution in [0.5, 0.6) is 0 Å². The average Bonchev–Trinajstić information content (AvgIpc) is 2.19. The number of hydrogen-bond donors (Lipinski definition) is 1. The first-order chi connectivity index (χ1) is 6.56. The van der Waals surface area contributed by atoms with E-state index in [2.05, 4.69) is 19.2 Å². The molecule has 3 unspecified atom stereocenters. The Hall–Kier alpha value is 0.615. The molecule has 0 aromatic heterocycles. The molecule has 4 nitrogen and oxygen atoms in total. The van der Waals surface area contributed by atoms with Crippen LogP contribution in [0.1, 0.15) is 20.3 Å². The van der Waals surface area contributed by atoms with E-state index in [1.54, 1.807) is 38.2 Å². The Morgan fingerprint density at radius 3 is 1.86 bits per heavy atom. The van der Waals surface area contributed by atoms with Crippen molar-refractivity contribution in [3.8, 4) is 0 Å². The molecular formula is C8H22AsNO3Si. The van der Waals surface area contributed by atoms with Gasteiger partial charge in [-0.15, -0.1) is 0 Å². The first kappa shape index (κ1) is 14.6. The van der Waals surface area contributed by atoms with Gasteiger partial charge in [-0.3, -0.25) is 0 Å². The molecule has 0 rings (SSSR count). The predicted molar refractivity (Wildman–Crippen MR) is 62.0 cm³/mol. The Labute approximate surface area is 96.6 Å². The summed E-state index contributed by atoms with van der Waals surface area (Å²) in [6.07, 6.45) is 0.940. The minimum absolute atomic E-state index is 0.171. The molecule has 0 aliphatic rings. The van der Waals surface area contributed by atoms with E-state index in [4.69, 9.17) is 13.3 Å². The van der Waals surface area contributed by atoms with E-state index in [1.165, 1.54) is 0 Å². The van der Waals surface area contributed by atoms with Crippen molar-refractivity contribution in [2.75, 3.05) is 21.3 Å². The third kappa shape index (κ3) is 3.64. The third-order valence-electron chi connectivity index (χ3n) is 2.15. The van der Waals surface area contributed by atoms with Gasteiger partial charge in [-0.1, -0.05) is 0 Å². The van der Waals surface area contributed by atoms with Crippen molar-refractivity contribution in [1.29, 1.82) is 0 Å². The second-order valence-corrected chi connectivity index (χ2v) is 8.36. The van der Waals surface area contributed by atoms with Crippen LogP contribution >= 0.6 is 0 Å². The second-order valence-electron chi connectivity index (χ2n) is 3.13. The van der Waals surface area contributed by atoms with Crippen molar-refractivity contribution in [3.63, 3.8) is 0 Å². The summed E-state index contributed by atoms with van der Waals surface area (Å²) in [6, 6.07) is 0. The van der Waals surface area contributed by atoms with Gasteiger partial charge in [0.15, 0.2) is 0 Å². The molecule has 0 saturated heterocycles. The Bertz CT molecular complexity index is 147. The van der Waals surface area contributed by atoms with Crippen LogP contribution in [-0.4, -0.2) is 57.5 Å². The predicted octanol–water partition coefficient (Wildman–Crippen LogP) is -0.249. The molecule has 14 heavy (non-hydrogen) atoms. The van der Waals surface area contributed by atoms with Gasteiger partial charge in [0.1, 0.15) is 0 Å². The molecule has 0 fully saturated rings. The van der Waals surface area contributed by atoms with Gasteiger partial charge in [0.2, 0.25) is 0 Å². The maximum atomic E-state index is 5.43. The molecule has 0 aromatic carbocycles. The molecule has 0 aliphatic carbocycles. The standard InChI is InChI=1S/C8H22AsNO3Si/c1-6-8(10-7(2)9)14(11-3,12-4)13-5/h7-8,10H,6,9H2,1-5H3. The average molecular weight is 283 g/mol. The summed E-state index contributed by atoms with van der Waals surface area (Å²) in [5, 5.41) is 3.44. The van der Waals surface area contributed by atoms with Crippen LogP contribution in [0.4, 0.5) is 0 Å². The van der Waals surface area contributed by atoms with Gasteiger partial charge in [0.25, 0.3) is 0 Å². The van der Waals surface area contributed by atoms with Crippen LogP contribution in [0.15, 0.2) is 0 Å². The fourth-order valence-corrected chi connectivity index (χ4v) is 4.68. The van der Waals surface area contributed by atoms with Crippen molar-refractivity contribution < 1.29 is 13.3 Å². The maximum absolute atomic E-state index is 5.43. The molecule has 3 atom stereocenters. The van der Waals surface area contributed by atoms with E-state index in [9.17, 15) is 0 Å². The van der Waals surface area contributed by atoms with Crippen LogP contribution in [0, 0.1) is 0 Å². The van der Waals surface area contributed by atoms with Crippen molar-refractivity contribution in [2.45, 2.75) is 30.8 Å². The zero-order valence-corrected chi connectivity index (χ0v) is 13.1. The first-order valence-electron chi connectivity index (χ1n) is 4.73. The normalized spacial score (nSPS) is 16.7. The third-order valence-corrected chi connectivity index (χ3v) is 5.69. The molecule has 86 valence electrons. The zero-order chi connectivity index (χ0) is 11.2. The summed E-state index contributed by atoms with van der Waals surface area (Å²) in [5.41, 5.74) is 0.171. The van der Waals surface area contributed by atoms with Crippen LogP contribution in [0.2, 0.25) is 0 Å². The summed E-state index contributed by atoms with van der Waals surface area (Å²) in [4.78, 5) is 0.458. The Kier molecular flexibility index (Phi) is 7.29. The SMILES string of the molecule is CCC(NC(C)[AsH2])[Si](OC)(OC)OC. The van der Waals surface area contributed by atoms with E-state index < -0.39 is 8.80 Å². The Morgan fingerprint density at radius 2 is 1.64 bits per heavy atom. The quantitative estimate of drug-likeness (QED) is 0.654. The minimum atomic E-state index is -2.51. The molecule has 1 N–H and O–H groups in total. The molecule has 0 aromatic rings. The summed E-state index contributed by atoms with van der Waals surface area (Å²) in [6.45, 7) is 4.23. The molecule has 0 aliphatic heterocycles. The second kappa shape index (κ2) is 6.98. The van der Waals surface area contributed by atoms with Crippen molar-refractivity contribution in [3.05, 3.63) is 0 Å². The topological polar surface area (TPSA) is 39.7 Å². The van der Waals surface area contributed by atoms with Crippen molar-refractivity contribution >= 4 is 25.7 Å². The van der Waals surface area contributed by atoms with Gasteiger partial charge in [0.05, 0.1) is 0 Å². The first-order valence-corrected chi connectivity index (χ1v) is 7.93. The van der Waals surface area contributed by atoms with Crippen molar-refractivity contribution in [1.82, 2.24) is 5.32 Å². The van der Waals surface area contributed by atoms with E-state index in [1.807, 2.05) is 0 Å². The fraction of sp³-hybridized carbons (Fsp3) is 1.00. The van der Waals surface area contributed by atoms with Gasteiger partial charge in [-0.2, -0.15) is 0 Å². The Balaban J connectivity index is 4.56. The van der Waals surface area contributed by atoms with Crippen LogP contribution in [-0.2, 0) is 13.3 Å². The molecule has 0 saturated carbocycles. The van der Waals surface area contributed by atoms with E-state index >= 15 is 0 Å². The summed E-state index contributed by atoms with van der Waals surface area (Å²) < 4.78 is 16.3. The number of rotatable bonds is 7.